The molecule has 0 aromatic heterocycles. The number of esters is 1. The van der Waals surface area contributed by atoms with Gasteiger partial charge in [-0.2, -0.15) is 13.2 Å². The summed E-state index contributed by atoms with van der Waals surface area (Å²) in [4.78, 5) is 21.6. The molecule has 126 valence electrons. The number of methoxy groups -OCH3 is 1. The molecule has 0 amide bonds. The van der Waals surface area contributed by atoms with Gasteiger partial charge in [0.2, 0.25) is 0 Å². The molecule has 2 N–H and O–H groups in total. The first-order valence-electron chi connectivity index (χ1n) is 5.81. The molecule has 22 heavy (non-hydrogen) atoms. The maximum Gasteiger partial charge on any atom is 1.00 e. The number of ether oxygens (including phenoxy) is 1. The van der Waals surface area contributed by atoms with Crippen LogP contribution in [0.5, 0.6) is 0 Å². The largest absolute Gasteiger partial charge is 1.00 e. The summed E-state index contributed by atoms with van der Waals surface area (Å²) in [7, 11) is 1.42. The third-order valence-electron chi connectivity index (χ3n) is 2.84. The SMILES string of the molecule is COC(=O)C1CNC1.Cl.O=[C-]C1CN(CC(F)(F)F)C1.[Na+].[OH-]. The second-order valence-electron chi connectivity index (χ2n) is 4.50. The van der Waals surface area contributed by atoms with E-state index in [1.54, 1.807) is 6.29 Å². The quantitative estimate of drug-likeness (QED) is 0.334. The Labute approximate surface area is 155 Å². The van der Waals surface area contributed by atoms with E-state index in [4.69, 9.17) is 0 Å². The van der Waals surface area contributed by atoms with Gasteiger partial charge in [0.05, 0.1) is 19.6 Å². The van der Waals surface area contributed by atoms with Crippen LogP contribution in [0.3, 0.4) is 0 Å². The smallest absolute Gasteiger partial charge is 0.870 e. The van der Waals surface area contributed by atoms with Crippen molar-refractivity contribution in [2.45, 2.75) is 6.18 Å². The third-order valence-corrected chi connectivity index (χ3v) is 2.84. The van der Waals surface area contributed by atoms with Crippen LogP contribution in [0.2, 0.25) is 0 Å². The van der Waals surface area contributed by atoms with E-state index in [1.807, 2.05) is 0 Å². The molecule has 2 aliphatic heterocycles. The summed E-state index contributed by atoms with van der Waals surface area (Å²) >= 11 is 0. The molecule has 2 rings (SSSR count). The maximum absolute atomic E-state index is 11.6. The van der Waals surface area contributed by atoms with Crippen molar-refractivity contribution >= 4 is 24.7 Å². The van der Waals surface area contributed by atoms with Crippen molar-refractivity contribution < 1.29 is 62.5 Å². The van der Waals surface area contributed by atoms with E-state index in [0.29, 0.717) is 0 Å². The van der Waals surface area contributed by atoms with E-state index in [2.05, 4.69) is 10.1 Å². The third kappa shape index (κ3) is 9.98. The van der Waals surface area contributed by atoms with Gasteiger partial charge in [-0.3, -0.25) is 16.0 Å². The van der Waals surface area contributed by atoms with Gasteiger partial charge >= 0.3 is 41.7 Å². The summed E-state index contributed by atoms with van der Waals surface area (Å²) in [5, 5.41) is 2.98. The molecule has 2 aliphatic rings. The summed E-state index contributed by atoms with van der Waals surface area (Å²) in [5.74, 6) is -0.277. The van der Waals surface area contributed by atoms with Gasteiger partial charge in [-0.25, -0.2) is 0 Å². The van der Waals surface area contributed by atoms with Crippen LogP contribution in [0.1, 0.15) is 0 Å². The van der Waals surface area contributed by atoms with Crippen molar-refractivity contribution in [2.24, 2.45) is 11.8 Å². The number of hydrogen-bond acceptors (Lipinski definition) is 6. The number of rotatable bonds is 3. The van der Waals surface area contributed by atoms with Crippen molar-refractivity contribution in [1.29, 1.82) is 0 Å². The number of carbonyl (C=O) groups excluding carboxylic acids is 2. The average molecular weight is 358 g/mol. The molecule has 0 saturated carbocycles. The monoisotopic (exact) mass is 357 g/mol. The molecule has 2 heterocycles. The molecule has 0 unspecified atom stereocenters. The molecule has 0 aromatic carbocycles. The van der Waals surface area contributed by atoms with Crippen LogP contribution in [0, 0.1) is 11.8 Å². The van der Waals surface area contributed by atoms with Gasteiger partial charge < -0.3 is 20.3 Å². The van der Waals surface area contributed by atoms with Crippen molar-refractivity contribution in [3.05, 3.63) is 0 Å². The number of alkyl halides is 3. The molecular weight excluding hydrogens is 340 g/mol. The summed E-state index contributed by atoms with van der Waals surface area (Å²) in [6.07, 6.45) is -2.49. The molecular formula is C11H18ClF3N2NaO4-. The van der Waals surface area contributed by atoms with Gasteiger partial charge in [-0.05, 0) is 13.1 Å². The summed E-state index contributed by atoms with van der Waals surface area (Å²) in [6, 6.07) is 0. The Morgan fingerprint density at radius 1 is 1.36 bits per heavy atom. The summed E-state index contributed by atoms with van der Waals surface area (Å²) in [6.45, 7) is 1.05. The zero-order valence-electron chi connectivity index (χ0n) is 12.4. The van der Waals surface area contributed by atoms with Crippen LogP contribution in [0.4, 0.5) is 13.2 Å². The standard InChI is InChI=1S/C6H7F3NO.C5H9NO2.ClH.Na.H2O/c7-6(8,9)4-10-1-5(2-10)3-11;1-8-5(7)4-2-6-3-4;;;/h5H,1-2,4H2;4,6H,2-3H2,1H3;1H;;1H2/q-1;;;+1;/p-1. The fourth-order valence-electron chi connectivity index (χ4n) is 1.65. The average Bonchev–Trinajstić information content (AvgIpc) is 2.19. The van der Waals surface area contributed by atoms with E-state index in [1.165, 1.54) is 12.0 Å². The first-order valence-corrected chi connectivity index (χ1v) is 5.81. The second kappa shape index (κ2) is 12.5. The fraction of sp³-hybridized carbons (Fsp3) is 0.818. The fourth-order valence-corrected chi connectivity index (χ4v) is 1.65. The topological polar surface area (TPSA) is 88.6 Å². The van der Waals surface area contributed by atoms with Crippen molar-refractivity contribution in [3.8, 4) is 0 Å². The van der Waals surface area contributed by atoms with Crippen LogP contribution < -0.4 is 34.9 Å². The van der Waals surface area contributed by atoms with E-state index >= 15 is 0 Å². The minimum atomic E-state index is -4.14. The normalized spacial score (nSPS) is 17.8. The van der Waals surface area contributed by atoms with Gasteiger partial charge in [-0.15, -0.1) is 18.3 Å². The number of hydrogen-bond donors (Lipinski definition) is 1. The molecule has 0 bridgehead atoms. The first kappa shape index (κ1) is 27.0. The van der Waals surface area contributed by atoms with Crippen LogP contribution in [-0.2, 0) is 14.3 Å². The number of nitrogens with zero attached hydrogens (tertiary/aromatic N) is 1. The Kier molecular flexibility index (Phi) is 15.3. The number of carbonyl (C=O) groups is 1. The molecule has 0 radical (unpaired) electrons. The molecule has 0 atom stereocenters. The molecule has 0 spiro atoms. The molecule has 0 aromatic rings. The Morgan fingerprint density at radius 2 is 1.86 bits per heavy atom. The molecule has 2 fully saturated rings. The summed E-state index contributed by atoms with van der Waals surface area (Å²) < 4.78 is 39.3. The van der Waals surface area contributed by atoms with Crippen molar-refractivity contribution in [3.63, 3.8) is 0 Å². The van der Waals surface area contributed by atoms with Gasteiger partial charge in [0.1, 0.15) is 0 Å². The zero-order chi connectivity index (χ0) is 14.5. The maximum atomic E-state index is 11.6. The number of nitrogens with one attached hydrogen (secondary N) is 1. The Morgan fingerprint density at radius 3 is 2.09 bits per heavy atom. The van der Waals surface area contributed by atoms with E-state index < -0.39 is 12.7 Å². The Hall–Kier alpha value is 0.1000. The van der Waals surface area contributed by atoms with Crippen LogP contribution in [0.25, 0.3) is 0 Å². The van der Waals surface area contributed by atoms with E-state index in [-0.39, 0.29) is 78.3 Å². The van der Waals surface area contributed by atoms with Gasteiger partial charge in [0.25, 0.3) is 0 Å². The van der Waals surface area contributed by atoms with Gasteiger partial charge in [0.15, 0.2) is 0 Å². The van der Waals surface area contributed by atoms with Crippen LogP contribution in [0.15, 0.2) is 0 Å². The minimum Gasteiger partial charge on any atom is -0.870 e. The van der Waals surface area contributed by atoms with Crippen molar-refractivity contribution in [2.75, 3.05) is 39.8 Å². The van der Waals surface area contributed by atoms with Crippen LogP contribution in [-0.4, -0.2) is 68.6 Å². The van der Waals surface area contributed by atoms with Crippen molar-refractivity contribution in [1.82, 2.24) is 10.2 Å². The first-order chi connectivity index (χ1) is 8.85. The second-order valence-corrected chi connectivity index (χ2v) is 4.50. The predicted octanol–water partition coefficient (Wildman–Crippen LogP) is -2.78. The summed E-state index contributed by atoms with van der Waals surface area (Å²) in [5.41, 5.74) is 0. The van der Waals surface area contributed by atoms with Gasteiger partial charge in [0, 0.05) is 13.1 Å². The minimum absolute atomic E-state index is 0. The van der Waals surface area contributed by atoms with E-state index in [9.17, 15) is 22.8 Å². The number of likely N-dealkylation sites (tertiary alicyclic amines) is 1. The Bertz CT molecular complexity index is 327. The Balaban J connectivity index is -0.000000299. The molecule has 6 nitrogen and oxygen atoms in total. The zero-order valence-corrected chi connectivity index (χ0v) is 15.2. The number of halogens is 4. The van der Waals surface area contributed by atoms with Gasteiger partial charge in [-0.1, -0.05) is 0 Å². The van der Waals surface area contributed by atoms with Crippen LogP contribution >= 0.6 is 12.4 Å². The van der Waals surface area contributed by atoms with E-state index in [0.717, 1.165) is 13.1 Å². The predicted molar refractivity (Wildman–Crippen MR) is 69.2 cm³/mol. The molecule has 2 saturated heterocycles. The molecule has 11 heteroatoms. The molecule has 0 aliphatic carbocycles.